The number of halogens is 1. The molecule has 2 N–H and O–H groups in total. The summed E-state index contributed by atoms with van der Waals surface area (Å²) in [6.07, 6.45) is 8.56. The van der Waals surface area contributed by atoms with Crippen LogP contribution in [0.4, 0.5) is 0 Å². The van der Waals surface area contributed by atoms with Crippen molar-refractivity contribution in [1.82, 2.24) is 15.3 Å². The monoisotopic (exact) mass is 387 g/mol. The number of H-pyrrole nitrogens is 1. The van der Waals surface area contributed by atoms with Crippen molar-refractivity contribution in [2.75, 3.05) is 0 Å². The number of aryl methyl sites for hydroxylation is 1. The molecule has 0 radical (unpaired) electrons. The average Bonchev–Trinajstić information content (AvgIpc) is 3.03. The van der Waals surface area contributed by atoms with E-state index in [1.165, 1.54) is 27.7 Å². The number of thiophene rings is 1. The number of hydrogen-bond donors (Lipinski definition) is 2. The van der Waals surface area contributed by atoms with Gasteiger partial charge in [-0.1, -0.05) is 6.92 Å². The van der Waals surface area contributed by atoms with Crippen LogP contribution in [-0.4, -0.2) is 9.97 Å². The molecule has 1 aliphatic rings. The van der Waals surface area contributed by atoms with E-state index in [4.69, 9.17) is 0 Å². The zero-order valence-electron chi connectivity index (χ0n) is 10.9. The molecule has 3 nitrogen and oxygen atoms in total. The topological polar surface area (TPSA) is 40.7 Å². The van der Waals surface area contributed by atoms with Crippen LogP contribution < -0.4 is 5.32 Å². The molecule has 2 unspecified atom stereocenters. The van der Waals surface area contributed by atoms with E-state index in [1.54, 1.807) is 4.88 Å². The number of nitrogens with one attached hydrogen (secondary N) is 2. The molecule has 0 aliphatic heterocycles. The summed E-state index contributed by atoms with van der Waals surface area (Å²) in [6.45, 7) is 2.21. The summed E-state index contributed by atoms with van der Waals surface area (Å²) in [6, 6.07) is 3.16. The first-order valence-electron chi connectivity index (χ1n) is 6.81. The lowest BCUT2D eigenvalue weighted by Gasteiger charge is -2.27. The Balaban J connectivity index is 1.80. The lowest BCUT2D eigenvalue weighted by molar-refractivity contribution is 0.386. The second kappa shape index (κ2) is 5.93. The van der Waals surface area contributed by atoms with Gasteiger partial charge in [0.05, 0.1) is 8.93 Å². The van der Waals surface area contributed by atoms with Crippen molar-refractivity contribution >= 4 is 33.9 Å². The summed E-state index contributed by atoms with van der Waals surface area (Å²) < 4.78 is 1.40. The Morgan fingerprint density at radius 3 is 3.26 bits per heavy atom. The van der Waals surface area contributed by atoms with Gasteiger partial charge in [-0.3, -0.25) is 0 Å². The van der Waals surface area contributed by atoms with E-state index in [9.17, 15) is 0 Å². The molecule has 0 saturated carbocycles. The van der Waals surface area contributed by atoms with Gasteiger partial charge in [0.15, 0.2) is 0 Å². The largest absolute Gasteiger partial charge is 0.347 e. The van der Waals surface area contributed by atoms with Gasteiger partial charge in [0.2, 0.25) is 0 Å². The molecule has 0 spiro atoms. The highest BCUT2D eigenvalue weighted by molar-refractivity contribution is 14.1. The number of imidazole rings is 1. The minimum absolute atomic E-state index is 0.323. The van der Waals surface area contributed by atoms with Crippen LogP contribution in [0, 0.1) is 2.88 Å². The van der Waals surface area contributed by atoms with E-state index < -0.39 is 0 Å². The van der Waals surface area contributed by atoms with Crippen molar-refractivity contribution in [1.29, 1.82) is 0 Å². The maximum atomic E-state index is 4.40. The van der Waals surface area contributed by atoms with Crippen LogP contribution in [0.25, 0.3) is 0 Å². The van der Waals surface area contributed by atoms with E-state index in [2.05, 4.69) is 50.9 Å². The zero-order chi connectivity index (χ0) is 13.2. The normalized spacial score (nSPS) is 20.2. The summed E-state index contributed by atoms with van der Waals surface area (Å²) in [5.74, 6) is 1.06. The van der Waals surface area contributed by atoms with Crippen LogP contribution >= 0.6 is 33.9 Å². The first-order valence-corrected chi connectivity index (χ1v) is 8.71. The van der Waals surface area contributed by atoms with Crippen molar-refractivity contribution in [2.45, 2.75) is 44.7 Å². The third kappa shape index (κ3) is 2.87. The Labute approximate surface area is 131 Å². The van der Waals surface area contributed by atoms with Crippen LogP contribution in [0.3, 0.4) is 0 Å². The molecule has 5 heteroatoms. The highest BCUT2D eigenvalue weighted by Crippen LogP contribution is 2.37. The molecule has 0 saturated heterocycles. The summed E-state index contributed by atoms with van der Waals surface area (Å²) in [5, 5.41) is 3.79. The van der Waals surface area contributed by atoms with Crippen molar-refractivity contribution in [3.05, 3.63) is 37.6 Å². The van der Waals surface area contributed by atoms with Crippen molar-refractivity contribution in [3.8, 4) is 0 Å². The average molecular weight is 387 g/mol. The first-order chi connectivity index (χ1) is 9.28. The Hall–Kier alpha value is -0.400. The van der Waals surface area contributed by atoms with Crippen molar-refractivity contribution in [3.63, 3.8) is 0 Å². The summed E-state index contributed by atoms with van der Waals surface area (Å²) >= 11 is 4.39. The zero-order valence-corrected chi connectivity index (χ0v) is 13.9. The van der Waals surface area contributed by atoms with E-state index >= 15 is 0 Å². The number of aromatic nitrogens is 2. The van der Waals surface area contributed by atoms with Gasteiger partial charge >= 0.3 is 0 Å². The predicted octanol–water partition coefficient (Wildman–Crippen LogP) is 4.19. The molecule has 2 heterocycles. The Kier molecular flexibility index (Phi) is 4.24. The van der Waals surface area contributed by atoms with Gasteiger partial charge in [0.25, 0.3) is 0 Å². The van der Waals surface area contributed by atoms with Crippen molar-refractivity contribution in [2.24, 2.45) is 0 Å². The maximum Gasteiger partial charge on any atom is 0.123 e. The van der Waals surface area contributed by atoms with Crippen LogP contribution in [0.15, 0.2) is 18.5 Å². The molecule has 102 valence electrons. The minimum atomic E-state index is 0.323. The van der Waals surface area contributed by atoms with Gasteiger partial charge in [-0.25, -0.2) is 4.98 Å². The molecule has 19 heavy (non-hydrogen) atoms. The fourth-order valence-electron chi connectivity index (χ4n) is 2.80. The van der Waals surface area contributed by atoms with E-state index in [-0.39, 0.29) is 0 Å². The molecule has 2 aromatic rings. The standard InChI is InChI=1S/C14H18IN3S/c1-2-10(14-16-6-7-17-14)18-11-4-3-5-12-9(11)8-13(15)19-12/h6-8,10-11,18H,2-5H2,1H3,(H,16,17). The molecular formula is C14H18IN3S. The fourth-order valence-corrected chi connectivity index (χ4v) is 4.92. The number of rotatable bonds is 4. The first kappa shape index (κ1) is 13.6. The Bertz CT molecular complexity index is 535. The third-order valence-corrected chi connectivity index (χ3v) is 5.71. The highest BCUT2D eigenvalue weighted by Gasteiger charge is 2.25. The van der Waals surface area contributed by atoms with Gasteiger partial charge in [-0.05, 0) is 59.9 Å². The van der Waals surface area contributed by atoms with Gasteiger partial charge in [-0.15, -0.1) is 11.3 Å². The molecule has 1 aliphatic carbocycles. The number of aromatic amines is 1. The molecule has 2 atom stereocenters. The van der Waals surface area contributed by atoms with Crippen LogP contribution in [0.5, 0.6) is 0 Å². The lowest BCUT2D eigenvalue weighted by atomic mass is 9.93. The van der Waals surface area contributed by atoms with Crippen LogP contribution in [0.1, 0.15) is 54.5 Å². The number of hydrogen-bond acceptors (Lipinski definition) is 3. The molecule has 0 aromatic carbocycles. The smallest absolute Gasteiger partial charge is 0.123 e. The van der Waals surface area contributed by atoms with E-state index in [0.717, 1.165) is 12.2 Å². The fraction of sp³-hybridized carbons (Fsp3) is 0.500. The van der Waals surface area contributed by atoms with Gasteiger partial charge in [0.1, 0.15) is 5.82 Å². The predicted molar refractivity (Wildman–Crippen MR) is 87.5 cm³/mol. The number of fused-ring (bicyclic) bond motifs is 1. The Morgan fingerprint density at radius 2 is 2.53 bits per heavy atom. The minimum Gasteiger partial charge on any atom is -0.347 e. The molecule has 2 aromatic heterocycles. The molecule has 0 amide bonds. The van der Waals surface area contributed by atoms with Gasteiger partial charge in [-0.2, -0.15) is 0 Å². The van der Waals surface area contributed by atoms with E-state index in [1.807, 2.05) is 23.7 Å². The second-order valence-electron chi connectivity index (χ2n) is 4.98. The van der Waals surface area contributed by atoms with Crippen LogP contribution in [0.2, 0.25) is 0 Å². The molecule has 3 rings (SSSR count). The molecule has 0 bridgehead atoms. The highest BCUT2D eigenvalue weighted by atomic mass is 127. The quantitative estimate of drug-likeness (QED) is 0.773. The number of nitrogens with zero attached hydrogens (tertiary/aromatic N) is 1. The summed E-state index contributed by atoms with van der Waals surface area (Å²) in [7, 11) is 0. The van der Waals surface area contributed by atoms with Crippen LogP contribution in [-0.2, 0) is 6.42 Å². The third-order valence-electron chi connectivity index (χ3n) is 3.74. The SMILES string of the molecule is CCC(NC1CCCc2sc(I)cc21)c1ncc[nH]1. The maximum absolute atomic E-state index is 4.40. The van der Waals surface area contributed by atoms with Gasteiger partial charge in [0, 0.05) is 23.3 Å². The molecule has 0 fully saturated rings. The Morgan fingerprint density at radius 1 is 1.63 bits per heavy atom. The summed E-state index contributed by atoms with van der Waals surface area (Å²) in [5.41, 5.74) is 1.52. The lowest BCUT2D eigenvalue weighted by Crippen LogP contribution is -2.29. The summed E-state index contributed by atoms with van der Waals surface area (Å²) in [4.78, 5) is 9.20. The molecular weight excluding hydrogens is 369 g/mol. The van der Waals surface area contributed by atoms with E-state index in [0.29, 0.717) is 12.1 Å². The van der Waals surface area contributed by atoms with Gasteiger partial charge < -0.3 is 10.3 Å². The van der Waals surface area contributed by atoms with Crippen molar-refractivity contribution < 1.29 is 0 Å². The second-order valence-corrected chi connectivity index (χ2v) is 8.01.